The predicted molar refractivity (Wildman–Crippen MR) is 37.9 cm³/mol. The molecule has 0 spiro atoms. The Hall–Kier alpha value is -1.30. The lowest BCUT2D eigenvalue weighted by molar-refractivity contribution is 0.577. The molecule has 58 valence electrons. The van der Waals surface area contributed by atoms with Crippen LogP contribution >= 0.6 is 0 Å². The van der Waals surface area contributed by atoms with Crippen LogP contribution in [0.4, 0.5) is 0 Å². The molecule has 1 aromatic heterocycles. The number of hydrogen-bond acceptors (Lipinski definition) is 3. The minimum absolute atomic E-state index is 0.0278. The van der Waals surface area contributed by atoms with E-state index in [0.29, 0.717) is 0 Å². The fourth-order valence-corrected chi connectivity index (χ4v) is 1.82. The van der Waals surface area contributed by atoms with Crippen molar-refractivity contribution in [2.45, 2.75) is 5.16 Å². The number of rotatable bonds is 0. The third kappa shape index (κ3) is 0.829. The second-order valence-electron chi connectivity index (χ2n) is 2.05. The molecule has 1 aliphatic rings. The van der Waals surface area contributed by atoms with Crippen molar-refractivity contribution in [1.82, 2.24) is 14.3 Å². The van der Waals surface area contributed by atoms with Gasteiger partial charge in [-0.15, -0.1) is 0 Å². The largest absolute Gasteiger partial charge is 0.295 e. The molecule has 2 rings (SSSR count). The first-order chi connectivity index (χ1) is 5.20. The molecular weight excluding hydrogens is 166 g/mol. The van der Waals surface area contributed by atoms with E-state index in [9.17, 15) is 8.42 Å². The fourth-order valence-electron chi connectivity index (χ4n) is 0.874. The smallest absolute Gasteiger partial charge is 0.294 e. The Bertz CT molecular complexity index is 403. The van der Waals surface area contributed by atoms with Gasteiger partial charge in [-0.2, -0.15) is 8.42 Å². The van der Waals surface area contributed by atoms with Crippen LogP contribution in [0.5, 0.6) is 0 Å². The van der Waals surface area contributed by atoms with E-state index in [2.05, 4.69) is 9.71 Å². The number of nitrogens with zero attached hydrogens (tertiary/aromatic N) is 2. The molecular formula is C5H5N3O2S. The molecule has 0 unspecified atom stereocenters. The maximum Gasteiger partial charge on any atom is 0.295 e. The van der Waals surface area contributed by atoms with Crippen LogP contribution in [0.3, 0.4) is 0 Å². The van der Waals surface area contributed by atoms with Gasteiger partial charge in [0, 0.05) is 24.8 Å². The van der Waals surface area contributed by atoms with Crippen LogP contribution in [0.1, 0.15) is 0 Å². The molecule has 0 saturated carbocycles. The fraction of sp³-hybridized carbons (Fsp3) is 0. The number of sulfonamides is 1. The number of nitrogens with one attached hydrogen (secondary N) is 1. The zero-order chi connectivity index (χ0) is 7.90. The molecule has 1 N–H and O–H groups in total. The number of aromatic nitrogens is 2. The van der Waals surface area contributed by atoms with Gasteiger partial charge in [-0.05, 0) is 0 Å². The quantitative estimate of drug-likeness (QED) is 0.577. The van der Waals surface area contributed by atoms with Crippen molar-refractivity contribution >= 4 is 16.2 Å². The van der Waals surface area contributed by atoms with Gasteiger partial charge in [-0.25, -0.2) is 4.98 Å². The number of imidazole rings is 1. The van der Waals surface area contributed by atoms with Gasteiger partial charge in [-0.3, -0.25) is 9.29 Å². The van der Waals surface area contributed by atoms with Crippen molar-refractivity contribution in [2.75, 3.05) is 0 Å². The third-order valence-corrected chi connectivity index (χ3v) is 2.58. The molecule has 5 nitrogen and oxygen atoms in total. The third-order valence-electron chi connectivity index (χ3n) is 1.33. The molecule has 0 atom stereocenters. The van der Waals surface area contributed by atoms with Gasteiger partial charge in [0.25, 0.3) is 15.2 Å². The van der Waals surface area contributed by atoms with E-state index in [1.807, 2.05) is 0 Å². The summed E-state index contributed by atoms with van der Waals surface area (Å²) in [6.07, 6.45) is 5.95. The Morgan fingerprint density at radius 1 is 1.55 bits per heavy atom. The van der Waals surface area contributed by atoms with Crippen molar-refractivity contribution < 1.29 is 8.42 Å². The normalized spacial score (nSPS) is 18.9. The minimum Gasteiger partial charge on any atom is -0.294 e. The lowest BCUT2D eigenvalue weighted by Gasteiger charge is -2.08. The van der Waals surface area contributed by atoms with Gasteiger partial charge >= 0.3 is 0 Å². The highest BCUT2D eigenvalue weighted by Gasteiger charge is 2.20. The second kappa shape index (κ2) is 1.85. The molecule has 0 saturated heterocycles. The van der Waals surface area contributed by atoms with Crippen molar-refractivity contribution in [3.8, 4) is 0 Å². The summed E-state index contributed by atoms with van der Waals surface area (Å²) in [5, 5.41) is 0.0278. The molecule has 0 aliphatic carbocycles. The molecule has 6 heteroatoms. The first-order valence-corrected chi connectivity index (χ1v) is 4.40. The molecule has 0 fully saturated rings. The molecule has 0 radical (unpaired) electrons. The van der Waals surface area contributed by atoms with Gasteiger partial charge in [0.05, 0.1) is 0 Å². The summed E-state index contributed by atoms with van der Waals surface area (Å²) in [5.74, 6) is 0. The first kappa shape index (κ1) is 6.41. The maximum atomic E-state index is 11.1. The highest BCUT2D eigenvalue weighted by Crippen LogP contribution is 2.09. The number of hydrogen-bond donors (Lipinski definition) is 1. The van der Waals surface area contributed by atoms with E-state index in [0.717, 1.165) is 0 Å². The Kier molecular flexibility index (Phi) is 1.08. The molecule has 2 heterocycles. The van der Waals surface area contributed by atoms with Crippen LogP contribution in [0.2, 0.25) is 0 Å². The summed E-state index contributed by atoms with van der Waals surface area (Å²) in [7, 11) is -3.38. The molecule has 1 aliphatic heterocycles. The van der Waals surface area contributed by atoms with E-state index in [1.54, 1.807) is 12.4 Å². The van der Waals surface area contributed by atoms with Crippen molar-refractivity contribution in [2.24, 2.45) is 0 Å². The lowest BCUT2D eigenvalue weighted by atomic mass is 10.8. The highest BCUT2D eigenvalue weighted by molar-refractivity contribution is 7.89. The Morgan fingerprint density at radius 2 is 2.36 bits per heavy atom. The average molecular weight is 171 g/mol. The van der Waals surface area contributed by atoms with Crippen molar-refractivity contribution in [1.29, 1.82) is 0 Å². The summed E-state index contributed by atoms with van der Waals surface area (Å²) >= 11 is 0. The van der Waals surface area contributed by atoms with Crippen LogP contribution in [0, 0.1) is 0 Å². The van der Waals surface area contributed by atoms with Crippen LogP contribution in [-0.2, 0) is 10.0 Å². The Labute approximate surface area is 63.4 Å². The highest BCUT2D eigenvalue weighted by atomic mass is 32.2. The molecule has 1 aromatic rings. The van der Waals surface area contributed by atoms with Crippen molar-refractivity contribution in [3.63, 3.8) is 0 Å². The Morgan fingerprint density at radius 3 is 3.09 bits per heavy atom. The summed E-state index contributed by atoms with van der Waals surface area (Å²) < 4.78 is 25.8. The molecule has 0 amide bonds. The monoisotopic (exact) mass is 171 g/mol. The van der Waals surface area contributed by atoms with Gasteiger partial charge in [0.1, 0.15) is 0 Å². The summed E-state index contributed by atoms with van der Waals surface area (Å²) in [6.45, 7) is 0. The molecule has 0 aromatic carbocycles. The van der Waals surface area contributed by atoms with Gasteiger partial charge in [-0.1, -0.05) is 0 Å². The summed E-state index contributed by atoms with van der Waals surface area (Å²) in [5.41, 5.74) is 0. The summed E-state index contributed by atoms with van der Waals surface area (Å²) in [6, 6.07) is 0. The van der Waals surface area contributed by atoms with Gasteiger partial charge in [0.2, 0.25) is 0 Å². The van der Waals surface area contributed by atoms with Gasteiger partial charge in [0.15, 0.2) is 0 Å². The van der Waals surface area contributed by atoms with Crippen molar-refractivity contribution in [3.05, 3.63) is 18.6 Å². The average Bonchev–Trinajstić information content (AvgIpc) is 2.34. The zero-order valence-corrected chi connectivity index (χ0v) is 6.25. The predicted octanol–water partition coefficient (Wildman–Crippen LogP) is -0.397. The lowest BCUT2D eigenvalue weighted by Crippen LogP contribution is -2.24. The van der Waals surface area contributed by atoms with E-state index in [4.69, 9.17) is 0 Å². The molecule has 0 bridgehead atoms. The van der Waals surface area contributed by atoms with Crippen LogP contribution in [-0.4, -0.2) is 18.0 Å². The SMILES string of the molecule is O=S1(=O)NC=Cn2ccnc21. The van der Waals surface area contributed by atoms with E-state index in [1.165, 1.54) is 17.0 Å². The molecule has 11 heavy (non-hydrogen) atoms. The van der Waals surface area contributed by atoms with Crippen LogP contribution < -0.4 is 4.72 Å². The standard InChI is InChI=1S/C5H5N3O2S/c9-11(10)5-6-1-3-8(5)4-2-7-11/h1-4,7H. The maximum absolute atomic E-state index is 11.1. The van der Waals surface area contributed by atoms with E-state index < -0.39 is 10.0 Å². The topological polar surface area (TPSA) is 64.0 Å². The Balaban J connectivity index is 2.77. The van der Waals surface area contributed by atoms with E-state index >= 15 is 0 Å². The first-order valence-electron chi connectivity index (χ1n) is 2.92. The second-order valence-corrected chi connectivity index (χ2v) is 3.66. The van der Waals surface area contributed by atoms with Crippen LogP contribution in [0.15, 0.2) is 23.8 Å². The minimum atomic E-state index is -3.38. The zero-order valence-electron chi connectivity index (χ0n) is 5.43. The van der Waals surface area contributed by atoms with Crippen LogP contribution in [0.25, 0.3) is 6.20 Å². The summed E-state index contributed by atoms with van der Waals surface area (Å²) in [4.78, 5) is 3.67. The van der Waals surface area contributed by atoms with E-state index in [-0.39, 0.29) is 5.16 Å². The number of fused-ring (bicyclic) bond motifs is 1. The van der Waals surface area contributed by atoms with Gasteiger partial charge < -0.3 is 0 Å².